The van der Waals surface area contributed by atoms with Crippen molar-refractivity contribution < 1.29 is 4.79 Å². The minimum atomic E-state index is -0.264. The van der Waals surface area contributed by atoms with Crippen LogP contribution < -0.4 is 10.9 Å². The summed E-state index contributed by atoms with van der Waals surface area (Å²) in [6.45, 7) is 1.76. The summed E-state index contributed by atoms with van der Waals surface area (Å²) in [5.41, 5.74) is 0.795. The topological polar surface area (TPSA) is 79.8 Å². The summed E-state index contributed by atoms with van der Waals surface area (Å²) in [5.74, 6) is 1.05. The smallest absolute Gasteiger partial charge is 0.252 e. The Kier molecular flexibility index (Phi) is 3.37. The third-order valence-corrected chi connectivity index (χ3v) is 3.76. The Morgan fingerprint density at radius 1 is 1.48 bits per heavy atom. The van der Waals surface area contributed by atoms with Crippen molar-refractivity contribution in [2.75, 3.05) is 0 Å². The van der Waals surface area contributed by atoms with Crippen LogP contribution in [0.5, 0.6) is 0 Å². The van der Waals surface area contributed by atoms with Crippen molar-refractivity contribution in [1.29, 1.82) is 0 Å². The molecule has 1 aliphatic rings. The van der Waals surface area contributed by atoms with Crippen molar-refractivity contribution in [3.8, 4) is 0 Å². The first-order valence-electron chi connectivity index (χ1n) is 7.03. The number of hydrogen-bond donors (Lipinski definition) is 2. The summed E-state index contributed by atoms with van der Waals surface area (Å²) in [4.78, 5) is 30.9. The third-order valence-electron chi connectivity index (χ3n) is 3.76. The quantitative estimate of drug-likeness (QED) is 0.889. The molecule has 0 unspecified atom stereocenters. The molecule has 1 aliphatic carbocycles. The van der Waals surface area contributed by atoms with Crippen LogP contribution in [0, 0.1) is 12.8 Å². The number of nitrogens with zero attached hydrogens (tertiary/aromatic N) is 2. The molecule has 6 heteroatoms. The van der Waals surface area contributed by atoms with Crippen molar-refractivity contribution in [3.05, 3.63) is 52.0 Å². The standard InChI is InChI=1S/C15H18N4O2/c1-9-7-11(8-12(20)17-9)15(21)18-13(10-3-4-10)14-16-5-6-19(14)2/h5-8,10,13H,3-4H2,1-2H3,(H,17,20)(H,18,21)/t13-/m0/s1. The first kappa shape index (κ1) is 13.6. The van der Waals surface area contributed by atoms with Gasteiger partial charge < -0.3 is 14.9 Å². The summed E-state index contributed by atoms with van der Waals surface area (Å²) < 4.78 is 1.92. The molecular formula is C15H18N4O2. The van der Waals surface area contributed by atoms with Gasteiger partial charge in [-0.2, -0.15) is 0 Å². The number of rotatable bonds is 4. The van der Waals surface area contributed by atoms with E-state index >= 15 is 0 Å². The molecule has 0 aliphatic heterocycles. The van der Waals surface area contributed by atoms with Crippen LogP contribution >= 0.6 is 0 Å². The lowest BCUT2D eigenvalue weighted by molar-refractivity contribution is 0.0928. The lowest BCUT2D eigenvalue weighted by Gasteiger charge is -2.18. The minimum absolute atomic E-state index is 0.0999. The predicted molar refractivity (Wildman–Crippen MR) is 77.9 cm³/mol. The maximum absolute atomic E-state index is 12.4. The second-order valence-electron chi connectivity index (χ2n) is 5.60. The summed E-state index contributed by atoms with van der Waals surface area (Å²) in [7, 11) is 1.92. The van der Waals surface area contributed by atoms with Crippen molar-refractivity contribution >= 4 is 5.91 Å². The van der Waals surface area contributed by atoms with Crippen LogP contribution in [0.1, 0.15) is 40.8 Å². The van der Waals surface area contributed by atoms with Crippen LogP contribution in [0.4, 0.5) is 0 Å². The highest BCUT2D eigenvalue weighted by Crippen LogP contribution is 2.40. The molecule has 6 nitrogen and oxygen atoms in total. The molecule has 0 spiro atoms. The van der Waals surface area contributed by atoms with Gasteiger partial charge in [-0.1, -0.05) is 0 Å². The maximum Gasteiger partial charge on any atom is 0.252 e. The van der Waals surface area contributed by atoms with E-state index in [9.17, 15) is 9.59 Å². The molecule has 1 atom stereocenters. The third kappa shape index (κ3) is 2.89. The van der Waals surface area contributed by atoms with Gasteiger partial charge in [0.05, 0.1) is 6.04 Å². The predicted octanol–water partition coefficient (Wildman–Crippen LogP) is 1.30. The number of amides is 1. The molecule has 21 heavy (non-hydrogen) atoms. The van der Waals surface area contributed by atoms with E-state index in [4.69, 9.17) is 0 Å². The Bertz CT molecular complexity index is 727. The van der Waals surface area contributed by atoms with E-state index in [-0.39, 0.29) is 17.5 Å². The number of hydrogen-bond acceptors (Lipinski definition) is 3. The fourth-order valence-corrected chi connectivity index (χ4v) is 2.54. The second-order valence-corrected chi connectivity index (χ2v) is 5.60. The average Bonchev–Trinajstić information content (AvgIpc) is 3.17. The molecule has 2 aromatic heterocycles. The Morgan fingerprint density at radius 3 is 2.81 bits per heavy atom. The zero-order chi connectivity index (χ0) is 15.0. The molecule has 1 fully saturated rings. The van der Waals surface area contributed by atoms with Gasteiger partial charge in [0.1, 0.15) is 5.82 Å². The molecule has 3 rings (SSSR count). The number of H-pyrrole nitrogens is 1. The van der Waals surface area contributed by atoms with Crippen molar-refractivity contribution in [2.24, 2.45) is 13.0 Å². The number of aromatic amines is 1. The zero-order valence-corrected chi connectivity index (χ0v) is 12.1. The molecule has 2 N–H and O–H groups in total. The fraction of sp³-hybridized carbons (Fsp3) is 0.400. The van der Waals surface area contributed by atoms with Crippen molar-refractivity contribution in [2.45, 2.75) is 25.8 Å². The summed E-state index contributed by atoms with van der Waals surface area (Å²) in [6, 6.07) is 2.90. The highest BCUT2D eigenvalue weighted by atomic mass is 16.2. The number of aromatic nitrogens is 3. The second kappa shape index (κ2) is 5.20. The Balaban J connectivity index is 1.84. The van der Waals surface area contributed by atoms with E-state index in [1.54, 1.807) is 19.2 Å². The van der Waals surface area contributed by atoms with Crippen LogP contribution in [-0.4, -0.2) is 20.4 Å². The normalized spacial score (nSPS) is 15.7. The van der Waals surface area contributed by atoms with Gasteiger partial charge in [0, 0.05) is 36.8 Å². The number of carbonyl (C=O) groups is 1. The largest absolute Gasteiger partial charge is 0.342 e. The minimum Gasteiger partial charge on any atom is -0.342 e. The molecule has 2 aromatic rings. The van der Waals surface area contributed by atoms with Gasteiger partial charge in [-0.3, -0.25) is 9.59 Å². The van der Waals surface area contributed by atoms with Gasteiger partial charge in [0.2, 0.25) is 5.56 Å². The maximum atomic E-state index is 12.4. The fourth-order valence-electron chi connectivity index (χ4n) is 2.54. The van der Waals surface area contributed by atoms with E-state index in [0.29, 0.717) is 17.2 Å². The van der Waals surface area contributed by atoms with Gasteiger partial charge in [-0.05, 0) is 31.7 Å². The molecule has 2 heterocycles. The Hall–Kier alpha value is -2.37. The lowest BCUT2D eigenvalue weighted by atomic mass is 10.1. The van der Waals surface area contributed by atoms with Gasteiger partial charge in [0.15, 0.2) is 0 Å². The highest BCUT2D eigenvalue weighted by Gasteiger charge is 2.35. The number of pyridine rings is 1. The first-order chi connectivity index (χ1) is 10.0. The lowest BCUT2D eigenvalue weighted by Crippen LogP contribution is -2.32. The average molecular weight is 286 g/mol. The molecule has 1 amide bonds. The summed E-state index contributed by atoms with van der Waals surface area (Å²) in [6.07, 6.45) is 5.78. The molecule has 110 valence electrons. The molecule has 1 saturated carbocycles. The number of imidazole rings is 1. The molecule has 0 aromatic carbocycles. The van der Waals surface area contributed by atoms with Crippen molar-refractivity contribution in [3.63, 3.8) is 0 Å². The van der Waals surface area contributed by atoms with E-state index in [0.717, 1.165) is 18.7 Å². The monoisotopic (exact) mass is 286 g/mol. The highest BCUT2D eigenvalue weighted by molar-refractivity contribution is 5.94. The number of aryl methyl sites for hydroxylation is 2. The zero-order valence-electron chi connectivity index (χ0n) is 12.1. The van der Waals surface area contributed by atoms with Gasteiger partial charge in [0.25, 0.3) is 5.91 Å². The van der Waals surface area contributed by atoms with Crippen LogP contribution in [0.2, 0.25) is 0 Å². The van der Waals surface area contributed by atoms with Crippen LogP contribution in [0.25, 0.3) is 0 Å². The molecular weight excluding hydrogens is 268 g/mol. The van der Waals surface area contributed by atoms with Gasteiger partial charge >= 0.3 is 0 Å². The van der Waals surface area contributed by atoms with E-state index in [2.05, 4.69) is 15.3 Å². The van der Waals surface area contributed by atoms with E-state index in [1.165, 1.54) is 6.07 Å². The number of carbonyl (C=O) groups excluding carboxylic acids is 1. The van der Waals surface area contributed by atoms with Crippen LogP contribution in [0.3, 0.4) is 0 Å². The Labute approximate surface area is 122 Å². The van der Waals surface area contributed by atoms with Gasteiger partial charge in [-0.15, -0.1) is 0 Å². The molecule has 0 bridgehead atoms. The molecule has 0 radical (unpaired) electrons. The van der Waals surface area contributed by atoms with E-state index in [1.807, 2.05) is 17.8 Å². The number of nitrogens with one attached hydrogen (secondary N) is 2. The first-order valence-corrected chi connectivity index (χ1v) is 7.03. The Morgan fingerprint density at radius 2 is 2.24 bits per heavy atom. The van der Waals surface area contributed by atoms with Crippen LogP contribution in [-0.2, 0) is 7.05 Å². The molecule has 0 saturated heterocycles. The van der Waals surface area contributed by atoms with Gasteiger partial charge in [-0.25, -0.2) is 4.98 Å². The summed E-state index contributed by atoms with van der Waals surface area (Å²) >= 11 is 0. The van der Waals surface area contributed by atoms with Crippen LogP contribution in [0.15, 0.2) is 29.3 Å². The SMILES string of the molecule is Cc1cc(C(=O)N[C@H](c2nccn2C)C2CC2)cc(=O)[nH]1. The summed E-state index contributed by atoms with van der Waals surface area (Å²) in [5, 5.41) is 3.02. The van der Waals surface area contributed by atoms with E-state index < -0.39 is 0 Å². The van der Waals surface area contributed by atoms with Crippen molar-refractivity contribution in [1.82, 2.24) is 19.9 Å².